The molecule has 41 heavy (non-hydrogen) atoms. The molecule has 218 valence electrons. The van der Waals surface area contributed by atoms with E-state index in [1.165, 1.54) is 39.0 Å². The molecule has 2 saturated carbocycles. The number of pyridine rings is 1. The number of nitrogens with one attached hydrogen (secondary N) is 1. The Hall–Kier alpha value is -3.55. The largest absolute Gasteiger partial charge is 0.390 e. The topological polar surface area (TPSA) is 109 Å². The van der Waals surface area contributed by atoms with Crippen LogP contribution in [0.2, 0.25) is 0 Å². The SMILES string of the molecule is CC(=O)Nc1cc(-c2ccccc2)c(-c2ccc(C3(N)CC(C)(O)C3)cc2)cn1.CCC(=O)N(C)C1CCCCC1. The molecule has 0 saturated heterocycles. The van der Waals surface area contributed by atoms with Crippen molar-refractivity contribution in [1.29, 1.82) is 0 Å². The van der Waals surface area contributed by atoms with Crippen LogP contribution in [0.15, 0.2) is 66.9 Å². The Morgan fingerprint density at radius 1 is 1.00 bits per heavy atom. The fraction of sp³-hybridized carbons (Fsp3) is 0.441. The Balaban J connectivity index is 0.000000271. The quantitative estimate of drug-likeness (QED) is 0.332. The standard InChI is InChI=1S/C24H25N3O2.C10H19NO/c1-16(28)27-22-12-20(17-6-4-3-5-7-17)21(13-26-22)18-8-10-19(11-9-18)24(25)14-23(2,29)15-24;1-3-10(12)11(2)9-7-5-4-6-8-9/h3-13,29H,14-15,25H2,1-2H3,(H,26,27,28);9H,3-8H2,1-2H3. The van der Waals surface area contributed by atoms with E-state index >= 15 is 0 Å². The molecule has 2 aliphatic rings. The predicted octanol–water partition coefficient (Wildman–Crippen LogP) is 6.26. The zero-order valence-electron chi connectivity index (χ0n) is 24.8. The van der Waals surface area contributed by atoms with Crippen molar-refractivity contribution in [2.75, 3.05) is 12.4 Å². The van der Waals surface area contributed by atoms with Gasteiger partial charge in [0, 0.05) is 43.7 Å². The van der Waals surface area contributed by atoms with Crippen LogP contribution in [0.1, 0.15) is 77.7 Å². The first-order chi connectivity index (χ1) is 19.5. The molecule has 2 aliphatic carbocycles. The summed E-state index contributed by atoms with van der Waals surface area (Å²) in [5, 5.41) is 12.8. The van der Waals surface area contributed by atoms with Crippen LogP contribution in [-0.4, -0.2) is 45.5 Å². The van der Waals surface area contributed by atoms with Crippen molar-refractivity contribution < 1.29 is 14.7 Å². The number of hydrogen-bond donors (Lipinski definition) is 3. The van der Waals surface area contributed by atoms with Crippen molar-refractivity contribution in [3.8, 4) is 22.3 Å². The number of nitrogens with zero attached hydrogens (tertiary/aromatic N) is 2. The van der Waals surface area contributed by atoms with Crippen LogP contribution in [0, 0.1) is 0 Å². The lowest BCUT2D eigenvalue weighted by Crippen LogP contribution is -2.58. The van der Waals surface area contributed by atoms with Gasteiger partial charge in [-0.15, -0.1) is 0 Å². The van der Waals surface area contributed by atoms with E-state index in [-0.39, 0.29) is 5.91 Å². The number of anilines is 1. The monoisotopic (exact) mass is 556 g/mol. The van der Waals surface area contributed by atoms with Crippen molar-refractivity contribution in [2.45, 2.75) is 89.3 Å². The molecular formula is C34H44N4O3. The molecule has 1 heterocycles. The van der Waals surface area contributed by atoms with Crippen molar-refractivity contribution in [3.05, 3.63) is 72.4 Å². The Bertz CT molecular complexity index is 1320. The number of hydrogen-bond acceptors (Lipinski definition) is 5. The number of rotatable bonds is 6. The number of aromatic nitrogens is 1. The molecule has 1 aromatic heterocycles. The van der Waals surface area contributed by atoms with Crippen LogP contribution in [0.3, 0.4) is 0 Å². The minimum Gasteiger partial charge on any atom is -0.390 e. The van der Waals surface area contributed by atoms with Crippen molar-refractivity contribution >= 4 is 17.6 Å². The first-order valence-electron chi connectivity index (χ1n) is 14.7. The molecule has 5 rings (SSSR count). The van der Waals surface area contributed by atoms with Gasteiger partial charge in [-0.05, 0) is 60.9 Å². The number of aliphatic hydroxyl groups is 1. The van der Waals surface area contributed by atoms with Crippen LogP contribution >= 0.6 is 0 Å². The molecular weight excluding hydrogens is 512 g/mol. The van der Waals surface area contributed by atoms with Gasteiger partial charge in [0.15, 0.2) is 0 Å². The van der Waals surface area contributed by atoms with E-state index in [0.29, 0.717) is 37.0 Å². The van der Waals surface area contributed by atoms with Crippen LogP contribution in [0.5, 0.6) is 0 Å². The minimum absolute atomic E-state index is 0.154. The van der Waals surface area contributed by atoms with E-state index in [1.54, 1.807) is 6.20 Å². The van der Waals surface area contributed by atoms with Crippen LogP contribution < -0.4 is 11.1 Å². The fourth-order valence-corrected chi connectivity index (χ4v) is 6.21. The third-order valence-corrected chi connectivity index (χ3v) is 8.27. The smallest absolute Gasteiger partial charge is 0.222 e. The lowest BCUT2D eigenvalue weighted by Gasteiger charge is -2.49. The number of amides is 2. The number of carbonyl (C=O) groups is 2. The normalized spacial score (nSPS) is 22.1. The highest BCUT2D eigenvalue weighted by molar-refractivity contribution is 5.91. The first-order valence-corrected chi connectivity index (χ1v) is 14.7. The third-order valence-electron chi connectivity index (χ3n) is 8.27. The summed E-state index contributed by atoms with van der Waals surface area (Å²) in [6.07, 6.45) is 9.91. The van der Waals surface area contributed by atoms with Crippen molar-refractivity contribution in [3.63, 3.8) is 0 Å². The fourth-order valence-electron chi connectivity index (χ4n) is 6.21. The molecule has 2 fully saturated rings. The molecule has 0 unspecified atom stereocenters. The zero-order valence-corrected chi connectivity index (χ0v) is 24.8. The molecule has 4 N–H and O–H groups in total. The lowest BCUT2D eigenvalue weighted by molar-refractivity contribution is -0.132. The van der Waals surface area contributed by atoms with Gasteiger partial charge in [0.05, 0.1) is 5.60 Å². The van der Waals surface area contributed by atoms with Crippen molar-refractivity contribution in [2.24, 2.45) is 5.73 Å². The molecule has 2 aromatic carbocycles. The Morgan fingerprint density at radius 3 is 2.17 bits per heavy atom. The lowest BCUT2D eigenvalue weighted by atomic mass is 9.63. The second kappa shape index (κ2) is 13.0. The highest BCUT2D eigenvalue weighted by Gasteiger charge is 2.49. The summed E-state index contributed by atoms with van der Waals surface area (Å²) in [6.45, 7) is 5.22. The number of carbonyl (C=O) groups excluding carboxylic acids is 2. The highest BCUT2D eigenvalue weighted by atomic mass is 16.3. The average molecular weight is 557 g/mol. The third kappa shape index (κ3) is 7.60. The summed E-state index contributed by atoms with van der Waals surface area (Å²) in [7, 11) is 1.95. The molecule has 0 bridgehead atoms. The van der Waals surface area contributed by atoms with E-state index in [4.69, 9.17) is 5.73 Å². The van der Waals surface area contributed by atoms with E-state index in [0.717, 1.165) is 27.8 Å². The van der Waals surface area contributed by atoms with Gasteiger partial charge in [-0.2, -0.15) is 0 Å². The first kappa shape index (κ1) is 30.4. The Labute approximate surface area is 244 Å². The Morgan fingerprint density at radius 2 is 1.61 bits per heavy atom. The summed E-state index contributed by atoms with van der Waals surface area (Å²) in [5.74, 6) is 0.662. The van der Waals surface area contributed by atoms with Gasteiger partial charge in [-0.25, -0.2) is 4.98 Å². The summed E-state index contributed by atoms with van der Waals surface area (Å²) in [5.41, 5.74) is 10.4. The molecule has 3 aromatic rings. The van der Waals surface area contributed by atoms with Gasteiger partial charge in [0.1, 0.15) is 5.82 Å². The number of nitrogens with two attached hydrogens (primary N) is 1. The van der Waals surface area contributed by atoms with Gasteiger partial charge in [0.25, 0.3) is 0 Å². The van der Waals surface area contributed by atoms with E-state index in [1.807, 2.05) is 86.5 Å². The highest BCUT2D eigenvalue weighted by Crippen LogP contribution is 2.46. The summed E-state index contributed by atoms with van der Waals surface area (Å²) >= 11 is 0. The molecule has 0 radical (unpaired) electrons. The summed E-state index contributed by atoms with van der Waals surface area (Å²) in [6, 6.07) is 20.6. The van der Waals surface area contributed by atoms with Crippen LogP contribution in [0.4, 0.5) is 5.82 Å². The molecule has 7 nitrogen and oxygen atoms in total. The zero-order chi connectivity index (χ0) is 29.6. The van der Waals surface area contributed by atoms with E-state index < -0.39 is 11.1 Å². The average Bonchev–Trinajstić information content (AvgIpc) is 2.96. The van der Waals surface area contributed by atoms with Crippen molar-refractivity contribution in [1.82, 2.24) is 9.88 Å². The van der Waals surface area contributed by atoms with Crippen LogP contribution in [0.25, 0.3) is 22.3 Å². The maximum absolute atomic E-state index is 11.4. The van der Waals surface area contributed by atoms with Gasteiger partial charge in [-0.3, -0.25) is 9.59 Å². The van der Waals surface area contributed by atoms with E-state index in [9.17, 15) is 14.7 Å². The molecule has 0 atom stereocenters. The summed E-state index contributed by atoms with van der Waals surface area (Å²) in [4.78, 5) is 29.1. The molecule has 2 amide bonds. The molecule has 0 aliphatic heterocycles. The maximum atomic E-state index is 11.4. The Kier molecular flexibility index (Phi) is 9.61. The summed E-state index contributed by atoms with van der Waals surface area (Å²) < 4.78 is 0. The van der Waals surface area contributed by atoms with Gasteiger partial charge >= 0.3 is 0 Å². The second-order valence-corrected chi connectivity index (χ2v) is 11.9. The minimum atomic E-state index is -0.683. The molecule has 0 spiro atoms. The van der Waals surface area contributed by atoms with Crippen LogP contribution in [-0.2, 0) is 15.1 Å². The predicted molar refractivity (Wildman–Crippen MR) is 165 cm³/mol. The maximum Gasteiger partial charge on any atom is 0.222 e. The van der Waals surface area contributed by atoms with Gasteiger partial charge in [-0.1, -0.05) is 80.8 Å². The van der Waals surface area contributed by atoms with Gasteiger partial charge in [0.2, 0.25) is 11.8 Å². The van der Waals surface area contributed by atoms with Gasteiger partial charge < -0.3 is 21.1 Å². The van der Waals surface area contributed by atoms with E-state index in [2.05, 4.69) is 10.3 Å². The molecule has 7 heteroatoms. The number of benzene rings is 2. The second-order valence-electron chi connectivity index (χ2n) is 11.9.